The quantitative estimate of drug-likeness (QED) is 0.613. The second-order valence-corrected chi connectivity index (χ2v) is 4.59. The molecule has 0 fully saturated rings. The summed E-state index contributed by atoms with van der Waals surface area (Å²) in [6.45, 7) is 2.23. The Kier molecular flexibility index (Phi) is 7.11. The first-order valence-electron chi connectivity index (χ1n) is 6.67. The third-order valence-electron chi connectivity index (χ3n) is 2.88. The van der Waals surface area contributed by atoms with E-state index >= 15 is 0 Å². The van der Waals surface area contributed by atoms with Gasteiger partial charge in [-0.05, 0) is 25.3 Å². The van der Waals surface area contributed by atoms with Crippen LogP contribution in [0.1, 0.15) is 25.3 Å². The van der Waals surface area contributed by atoms with Crippen molar-refractivity contribution in [3.05, 3.63) is 47.5 Å². The molecule has 4 heteroatoms. The minimum Gasteiger partial charge on any atom is -0.469 e. The zero-order valence-electron chi connectivity index (χ0n) is 12.0. The third kappa shape index (κ3) is 6.73. The molecule has 0 aliphatic rings. The lowest BCUT2D eigenvalue weighted by Gasteiger charge is -2.04. The van der Waals surface area contributed by atoms with Crippen LogP contribution in [0.4, 0.5) is 0 Å². The molecule has 1 aromatic rings. The van der Waals surface area contributed by atoms with Crippen molar-refractivity contribution >= 4 is 11.9 Å². The summed E-state index contributed by atoms with van der Waals surface area (Å²) in [5, 5.41) is 2.66. The van der Waals surface area contributed by atoms with Crippen molar-refractivity contribution in [1.82, 2.24) is 5.32 Å². The van der Waals surface area contributed by atoms with Gasteiger partial charge in [0.1, 0.15) is 0 Å². The zero-order valence-corrected chi connectivity index (χ0v) is 12.0. The van der Waals surface area contributed by atoms with E-state index in [-0.39, 0.29) is 18.3 Å². The molecule has 0 aliphatic heterocycles. The number of hydrogen-bond donors (Lipinski definition) is 1. The fraction of sp³-hybridized carbons (Fsp3) is 0.375. The highest BCUT2D eigenvalue weighted by Gasteiger charge is 2.02. The number of hydrogen-bond acceptors (Lipinski definition) is 3. The summed E-state index contributed by atoms with van der Waals surface area (Å²) in [5.74, 6) is -0.491. The number of esters is 1. The molecule has 4 nitrogen and oxygen atoms in total. The molecule has 0 radical (unpaired) electrons. The van der Waals surface area contributed by atoms with Crippen molar-refractivity contribution in [3.8, 4) is 0 Å². The summed E-state index contributed by atoms with van der Waals surface area (Å²) in [7, 11) is 1.33. The second-order valence-electron chi connectivity index (χ2n) is 4.59. The molecule has 1 N–H and O–H groups in total. The van der Waals surface area contributed by atoms with Gasteiger partial charge in [0.15, 0.2) is 0 Å². The van der Waals surface area contributed by atoms with Gasteiger partial charge < -0.3 is 10.1 Å². The molecule has 1 aromatic carbocycles. The van der Waals surface area contributed by atoms with Crippen LogP contribution in [0.2, 0.25) is 0 Å². The predicted octanol–water partition coefficient (Wildman–Crippen LogP) is 2.24. The molecule has 0 heterocycles. The van der Waals surface area contributed by atoms with Gasteiger partial charge in [0, 0.05) is 12.6 Å². The van der Waals surface area contributed by atoms with Crippen LogP contribution in [0.3, 0.4) is 0 Å². The van der Waals surface area contributed by atoms with Crippen LogP contribution in [0.15, 0.2) is 42.0 Å². The van der Waals surface area contributed by atoms with Gasteiger partial charge in [-0.1, -0.05) is 35.9 Å². The molecule has 0 aromatic heterocycles. The van der Waals surface area contributed by atoms with Gasteiger partial charge in [-0.2, -0.15) is 0 Å². The molecule has 20 heavy (non-hydrogen) atoms. The molecule has 0 bridgehead atoms. The van der Waals surface area contributed by atoms with Crippen molar-refractivity contribution in [2.45, 2.75) is 26.2 Å². The van der Waals surface area contributed by atoms with Crippen molar-refractivity contribution in [3.63, 3.8) is 0 Å². The van der Waals surface area contributed by atoms with E-state index in [2.05, 4.69) is 22.2 Å². The number of ether oxygens (including phenoxy) is 1. The number of rotatable bonds is 7. The normalized spacial score (nSPS) is 11.0. The summed E-state index contributed by atoms with van der Waals surface area (Å²) in [6.07, 6.45) is 3.53. The number of amides is 1. The van der Waals surface area contributed by atoms with Gasteiger partial charge in [-0.3, -0.25) is 9.59 Å². The van der Waals surface area contributed by atoms with E-state index in [0.717, 1.165) is 18.4 Å². The Balaban J connectivity index is 2.29. The topological polar surface area (TPSA) is 55.4 Å². The van der Waals surface area contributed by atoms with Crippen LogP contribution in [0.5, 0.6) is 0 Å². The average Bonchev–Trinajstić information content (AvgIpc) is 2.46. The highest BCUT2D eigenvalue weighted by atomic mass is 16.5. The van der Waals surface area contributed by atoms with Crippen molar-refractivity contribution < 1.29 is 14.3 Å². The van der Waals surface area contributed by atoms with E-state index in [4.69, 9.17) is 0 Å². The van der Waals surface area contributed by atoms with E-state index in [1.165, 1.54) is 12.7 Å². The molecule has 0 saturated heterocycles. The van der Waals surface area contributed by atoms with Crippen LogP contribution in [-0.2, 0) is 20.7 Å². The second kappa shape index (κ2) is 8.91. The summed E-state index contributed by atoms with van der Waals surface area (Å²) in [6, 6.07) is 10.1. The third-order valence-corrected chi connectivity index (χ3v) is 2.88. The first kappa shape index (κ1) is 16.0. The first-order chi connectivity index (χ1) is 9.61. The van der Waals surface area contributed by atoms with Crippen LogP contribution < -0.4 is 5.32 Å². The first-order valence-corrected chi connectivity index (χ1v) is 6.67. The molecule has 0 spiro atoms. The van der Waals surface area contributed by atoms with Gasteiger partial charge in [0.25, 0.3) is 0 Å². The van der Waals surface area contributed by atoms with Crippen LogP contribution in [-0.4, -0.2) is 25.5 Å². The van der Waals surface area contributed by atoms with Crippen LogP contribution in [0.25, 0.3) is 0 Å². The lowest BCUT2D eigenvalue weighted by molar-refractivity contribution is -0.140. The molecule has 0 atom stereocenters. The smallest absolute Gasteiger partial charge is 0.307 e. The van der Waals surface area contributed by atoms with Gasteiger partial charge >= 0.3 is 5.97 Å². The largest absolute Gasteiger partial charge is 0.469 e. The molecule has 1 amide bonds. The number of benzene rings is 1. The molecular weight excluding hydrogens is 254 g/mol. The Bertz CT molecular complexity index is 466. The fourth-order valence-corrected chi connectivity index (χ4v) is 1.72. The zero-order chi connectivity index (χ0) is 14.8. The maximum absolute atomic E-state index is 11.6. The van der Waals surface area contributed by atoms with E-state index in [0.29, 0.717) is 6.54 Å². The van der Waals surface area contributed by atoms with Gasteiger partial charge in [-0.25, -0.2) is 0 Å². The minimum atomic E-state index is -0.324. The Morgan fingerprint density at radius 2 is 1.90 bits per heavy atom. The maximum Gasteiger partial charge on any atom is 0.307 e. The summed E-state index contributed by atoms with van der Waals surface area (Å²) in [5.41, 5.74) is 2.27. The standard InChI is InChI=1S/C16H21NO3/c1-13(8-9-14-6-4-3-5-7-14)12-15(18)17-11-10-16(19)20-2/h3-7,12H,8-11H2,1-2H3,(H,17,18)/b13-12-. The Morgan fingerprint density at radius 1 is 1.20 bits per heavy atom. The molecule has 108 valence electrons. The average molecular weight is 275 g/mol. The number of aryl methyl sites for hydroxylation is 1. The highest BCUT2D eigenvalue weighted by molar-refractivity contribution is 5.88. The van der Waals surface area contributed by atoms with Crippen LogP contribution in [0, 0.1) is 0 Å². The van der Waals surface area contributed by atoms with E-state index in [1.807, 2.05) is 25.1 Å². The fourth-order valence-electron chi connectivity index (χ4n) is 1.72. The van der Waals surface area contributed by atoms with Gasteiger partial charge in [-0.15, -0.1) is 0 Å². The van der Waals surface area contributed by atoms with Gasteiger partial charge in [0.2, 0.25) is 5.91 Å². The Morgan fingerprint density at radius 3 is 2.55 bits per heavy atom. The van der Waals surface area contributed by atoms with Crippen molar-refractivity contribution in [2.75, 3.05) is 13.7 Å². The maximum atomic E-state index is 11.6. The highest BCUT2D eigenvalue weighted by Crippen LogP contribution is 2.08. The minimum absolute atomic E-state index is 0.167. The van der Waals surface area contributed by atoms with E-state index in [1.54, 1.807) is 6.08 Å². The molecule has 0 saturated carbocycles. The monoisotopic (exact) mass is 275 g/mol. The van der Waals surface area contributed by atoms with E-state index < -0.39 is 0 Å². The summed E-state index contributed by atoms with van der Waals surface area (Å²) < 4.78 is 4.50. The van der Waals surface area contributed by atoms with Crippen LogP contribution >= 0.6 is 0 Å². The lowest BCUT2D eigenvalue weighted by Crippen LogP contribution is -2.24. The molecule has 0 unspecified atom stereocenters. The predicted molar refractivity (Wildman–Crippen MR) is 78.2 cm³/mol. The number of nitrogens with one attached hydrogen (secondary N) is 1. The Hall–Kier alpha value is -2.10. The summed E-state index contributed by atoms with van der Waals surface area (Å²) >= 11 is 0. The molecule has 0 aliphatic carbocycles. The summed E-state index contributed by atoms with van der Waals surface area (Å²) in [4.78, 5) is 22.5. The van der Waals surface area contributed by atoms with E-state index in [9.17, 15) is 9.59 Å². The molecular formula is C16H21NO3. The van der Waals surface area contributed by atoms with Crippen molar-refractivity contribution in [1.29, 1.82) is 0 Å². The number of carbonyl (C=O) groups excluding carboxylic acids is 2. The molecule has 1 rings (SSSR count). The lowest BCUT2D eigenvalue weighted by atomic mass is 10.1. The number of carbonyl (C=O) groups is 2. The number of methoxy groups -OCH3 is 1. The Labute approximate surface area is 119 Å². The van der Waals surface area contributed by atoms with Gasteiger partial charge in [0.05, 0.1) is 13.5 Å². The number of allylic oxidation sites excluding steroid dienone is 1. The SMILES string of the molecule is COC(=O)CCNC(=O)/C=C(/C)CCc1ccccc1. The van der Waals surface area contributed by atoms with Crippen molar-refractivity contribution in [2.24, 2.45) is 0 Å².